The quantitative estimate of drug-likeness (QED) is 0.732. The van der Waals surface area contributed by atoms with Gasteiger partial charge in [-0.05, 0) is 51.7 Å². The number of rotatable bonds is 8. The standard InChI is InChI=1S/C19H31N3O2/c1-4-12-22(15-17-9-7-8-13-24-17)19(23)16-10-11-18(20-14-16)21(5-2)6-3/h10-11,14,17H,4-9,12-13,15H2,1-3H3. The first-order valence-electron chi connectivity index (χ1n) is 9.31. The molecule has 1 aromatic heterocycles. The van der Waals surface area contributed by atoms with E-state index in [1.54, 1.807) is 6.20 Å². The van der Waals surface area contributed by atoms with Crippen molar-refractivity contribution in [3.63, 3.8) is 0 Å². The van der Waals surface area contributed by atoms with Gasteiger partial charge in [-0.2, -0.15) is 0 Å². The summed E-state index contributed by atoms with van der Waals surface area (Å²) in [5.41, 5.74) is 0.662. The zero-order chi connectivity index (χ0) is 17.4. The lowest BCUT2D eigenvalue weighted by molar-refractivity contribution is -0.00384. The van der Waals surface area contributed by atoms with Crippen molar-refractivity contribution in [2.45, 2.75) is 52.6 Å². The molecule has 2 rings (SSSR count). The molecule has 0 aromatic carbocycles. The highest BCUT2D eigenvalue weighted by Gasteiger charge is 2.22. The van der Waals surface area contributed by atoms with Crippen LogP contribution in [0.15, 0.2) is 18.3 Å². The monoisotopic (exact) mass is 333 g/mol. The van der Waals surface area contributed by atoms with Crippen molar-refractivity contribution >= 4 is 11.7 Å². The molecule has 1 aliphatic rings. The summed E-state index contributed by atoms with van der Waals surface area (Å²) in [4.78, 5) is 21.4. The molecular weight excluding hydrogens is 302 g/mol. The molecule has 2 heterocycles. The first kappa shape index (κ1) is 18.7. The Kier molecular flexibility index (Phi) is 7.50. The fourth-order valence-corrected chi connectivity index (χ4v) is 3.17. The molecular formula is C19H31N3O2. The van der Waals surface area contributed by atoms with Crippen LogP contribution in [0.4, 0.5) is 5.82 Å². The molecule has 0 bridgehead atoms. The third kappa shape index (κ3) is 4.94. The largest absolute Gasteiger partial charge is 0.376 e. The number of pyridine rings is 1. The Balaban J connectivity index is 2.05. The van der Waals surface area contributed by atoms with Gasteiger partial charge in [0.15, 0.2) is 0 Å². The molecule has 1 atom stereocenters. The normalized spacial score (nSPS) is 17.5. The van der Waals surface area contributed by atoms with Crippen LogP contribution < -0.4 is 4.90 Å². The molecule has 5 heteroatoms. The molecule has 134 valence electrons. The predicted molar refractivity (Wildman–Crippen MR) is 97.6 cm³/mol. The van der Waals surface area contributed by atoms with Gasteiger partial charge in [0, 0.05) is 39.0 Å². The first-order chi connectivity index (χ1) is 11.7. The molecule has 1 fully saturated rings. The van der Waals surface area contributed by atoms with Crippen molar-refractivity contribution < 1.29 is 9.53 Å². The summed E-state index contributed by atoms with van der Waals surface area (Å²) >= 11 is 0. The van der Waals surface area contributed by atoms with E-state index < -0.39 is 0 Å². The van der Waals surface area contributed by atoms with Gasteiger partial charge in [-0.25, -0.2) is 4.98 Å². The predicted octanol–water partition coefficient (Wildman–Crippen LogP) is 3.35. The Labute approximate surface area is 146 Å². The number of ether oxygens (including phenoxy) is 1. The fourth-order valence-electron chi connectivity index (χ4n) is 3.17. The van der Waals surface area contributed by atoms with Crippen LogP contribution >= 0.6 is 0 Å². The zero-order valence-electron chi connectivity index (χ0n) is 15.3. The zero-order valence-corrected chi connectivity index (χ0v) is 15.3. The van der Waals surface area contributed by atoms with Crippen molar-refractivity contribution in [3.8, 4) is 0 Å². The molecule has 0 N–H and O–H groups in total. The van der Waals surface area contributed by atoms with Crippen molar-refractivity contribution in [3.05, 3.63) is 23.9 Å². The van der Waals surface area contributed by atoms with Gasteiger partial charge in [0.1, 0.15) is 5.82 Å². The average molecular weight is 333 g/mol. The van der Waals surface area contributed by atoms with Crippen molar-refractivity contribution in [1.82, 2.24) is 9.88 Å². The summed E-state index contributed by atoms with van der Waals surface area (Å²) in [6.45, 7) is 10.4. The number of amides is 1. The van der Waals surface area contributed by atoms with E-state index in [1.165, 1.54) is 6.42 Å². The smallest absolute Gasteiger partial charge is 0.255 e. The Morgan fingerprint density at radius 1 is 1.25 bits per heavy atom. The van der Waals surface area contributed by atoms with Crippen LogP contribution in [0.5, 0.6) is 0 Å². The van der Waals surface area contributed by atoms with Crippen molar-refractivity contribution in [1.29, 1.82) is 0 Å². The second-order valence-electron chi connectivity index (χ2n) is 6.32. The molecule has 1 unspecified atom stereocenters. The summed E-state index contributed by atoms with van der Waals surface area (Å²) in [5.74, 6) is 0.985. The van der Waals surface area contributed by atoms with Crippen LogP contribution in [0.2, 0.25) is 0 Å². The Morgan fingerprint density at radius 3 is 2.58 bits per heavy atom. The van der Waals surface area contributed by atoms with Gasteiger partial charge >= 0.3 is 0 Å². The first-order valence-corrected chi connectivity index (χ1v) is 9.31. The van der Waals surface area contributed by atoms with E-state index in [-0.39, 0.29) is 12.0 Å². The Bertz CT molecular complexity index is 494. The van der Waals surface area contributed by atoms with Gasteiger partial charge in [0.2, 0.25) is 0 Å². The van der Waals surface area contributed by atoms with Crippen LogP contribution in [0.3, 0.4) is 0 Å². The van der Waals surface area contributed by atoms with Crippen LogP contribution in [-0.4, -0.2) is 54.7 Å². The van der Waals surface area contributed by atoms with Crippen LogP contribution in [-0.2, 0) is 4.74 Å². The highest BCUT2D eigenvalue weighted by molar-refractivity contribution is 5.94. The summed E-state index contributed by atoms with van der Waals surface area (Å²) < 4.78 is 5.80. The second-order valence-corrected chi connectivity index (χ2v) is 6.32. The van der Waals surface area contributed by atoms with E-state index in [9.17, 15) is 4.79 Å². The minimum absolute atomic E-state index is 0.0598. The van der Waals surface area contributed by atoms with Gasteiger partial charge < -0.3 is 14.5 Å². The lowest BCUT2D eigenvalue weighted by Gasteiger charge is -2.30. The van der Waals surface area contributed by atoms with Crippen molar-refractivity contribution in [2.24, 2.45) is 0 Å². The van der Waals surface area contributed by atoms with Gasteiger partial charge in [0.05, 0.1) is 11.7 Å². The van der Waals surface area contributed by atoms with Crippen molar-refractivity contribution in [2.75, 3.05) is 37.7 Å². The van der Waals surface area contributed by atoms with E-state index >= 15 is 0 Å². The molecule has 1 aliphatic heterocycles. The van der Waals surface area contributed by atoms with Gasteiger partial charge in [-0.1, -0.05) is 6.92 Å². The molecule has 5 nitrogen and oxygen atoms in total. The van der Waals surface area contributed by atoms with E-state index in [1.807, 2.05) is 17.0 Å². The molecule has 1 aromatic rings. The number of hydrogen-bond donors (Lipinski definition) is 0. The average Bonchev–Trinajstić information content (AvgIpc) is 2.63. The molecule has 1 saturated heterocycles. The van der Waals surface area contributed by atoms with Gasteiger partial charge in [0.25, 0.3) is 5.91 Å². The fraction of sp³-hybridized carbons (Fsp3) is 0.684. The maximum absolute atomic E-state index is 12.8. The summed E-state index contributed by atoms with van der Waals surface area (Å²) in [6.07, 6.45) is 6.21. The van der Waals surface area contributed by atoms with E-state index in [2.05, 4.69) is 30.7 Å². The topological polar surface area (TPSA) is 45.7 Å². The molecule has 0 saturated carbocycles. The van der Waals surface area contributed by atoms with Crippen LogP contribution in [0, 0.1) is 0 Å². The second kappa shape index (κ2) is 9.62. The highest BCUT2D eigenvalue weighted by atomic mass is 16.5. The summed E-state index contributed by atoms with van der Waals surface area (Å²) in [6, 6.07) is 3.84. The van der Waals surface area contributed by atoms with Gasteiger partial charge in [-0.3, -0.25) is 4.79 Å². The van der Waals surface area contributed by atoms with Crippen LogP contribution in [0.1, 0.15) is 56.8 Å². The SMILES string of the molecule is CCCN(CC1CCCCO1)C(=O)c1ccc(N(CC)CC)nc1. The highest BCUT2D eigenvalue weighted by Crippen LogP contribution is 2.17. The minimum atomic E-state index is 0.0598. The van der Waals surface area contributed by atoms with E-state index in [0.717, 1.165) is 51.3 Å². The Hall–Kier alpha value is -1.62. The van der Waals surface area contributed by atoms with E-state index in [0.29, 0.717) is 12.1 Å². The van der Waals surface area contributed by atoms with Gasteiger partial charge in [-0.15, -0.1) is 0 Å². The van der Waals surface area contributed by atoms with E-state index in [4.69, 9.17) is 4.74 Å². The number of aromatic nitrogens is 1. The molecule has 24 heavy (non-hydrogen) atoms. The third-order valence-electron chi connectivity index (χ3n) is 4.56. The molecule has 0 aliphatic carbocycles. The minimum Gasteiger partial charge on any atom is -0.376 e. The third-order valence-corrected chi connectivity index (χ3v) is 4.56. The lowest BCUT2D eigenvalue weighted by Crippen LogP contribution is -2.40. The number of hydrogen-bond acceptors (Lipinski definition) is 4. The number of carbonyl (C=O) groups excluding carboxylic acids is 1. The van der Waals surface area contributed by atoms with Crippen LogP contribution in [0.25, 0.3) is 0 Å². The molecule has 0 radical (unpaired) electrons. The maximum atomic E-state index is 12.8. The number of carbonyl (C=O) groups is 1. The molecule has 0 spiro atoms. The number of nitrogens with zero attached hydrogens (tertiary/aromatic N) is 3. The number of anilines is 1. The molecule has 1 amide bonds. The summed E-state index contributed by atoms with van der Waals surface area (Å²) in [5, 5.41) is 0. The Morgan fingerprint density at radius 2 is 2.04 bits per heavy atom. The summed E-state index contributed by atoms with van der Waals surface area (Å²) in [7, 11) is 0. The maximum Gasteiger partial charge on any atom is 0.255 e. The lowest BCUT2D eigenvalue weighted by atomic mass is 10.1.